The van der Waals surface area contributed by atoms with Crippen molar-refractivity contribution in [2.45, 2.75) is 31.3 Å². The van der Waals surface area contributed by atoms with Gasteiger partial charge in [-0.15, -0.1) is 0 Å². The fourth-order valence-electron chi connectivity index (χ4n) is 3.05. The summed E-state index contributed by atoms with van der Waals surface area (Å²) in [6.45, 7) is 0. The topological polar surface area (TPSA) is 115 Å². The smallest absolute Gasteiger partial charge is 0.151 e. The van der Waals surface area contributed by atoms with Gasteiger partial charge in [-0.25, -0.2) is 15.3 Å². The van der Waals surface area contributed by atoms with E-state index < -0.39 is 0 Å². The van der Waals surface area contributed by atoms with E-state index in [1.54, 1.807) is 13.2 Å². The number of nitrogens with two attached hydrogens (primary N) is 2. The lowest BCUT2D eigenvalue weighted by Crippen LogP contribution is -2.25. The third-order valence-electron chi connectivity index (χ3n) is 4.11. The van der Waals surface area contributed by atoms with E-state index in [2.05, 4.69) is 15.4 Å². The van der Waals surface area contributed by atoms with Crippen LogP contribution in [0.25, 0.3) is 11.6 Å². The Hall–Kier alpha value is -2.45. The molecule has 2 aromatic heterocycles. The van der Waals surface area contributed by atoms with Gasteiger partial charge in [0, 0.05) is 37.3 Å². The number of fused-ring (bicyclic) bond motifs is 1. The highest BCUT2D eigenvalue weighted by Gasteiger charge is 2.28. The molecule has 0 unspecified atom stereocenters. The van der Waals surface area contributed by atoms with Gasteiger partial charge in [0.05, 0.1) is 5.69 Å². The minimum Gasteiger partial charge on any atom is -0.382 e. The molecule has 0 amide bonds. The average Bonchev–Trinajstić information content (AvgIpc) is 3.10. The second kappa shape index (κ2) is 6.35. The van der Waals surface area contributed by atoms with Gasteiger partial charge in [0.25, 0.3) is 0 Å². The third kappa shape index (κ3) is 3.03. The number of hydrazine groups is 1. The zero-order valence-electron chi connectivity index (χ0n) is 13.0. The van der Waals surface area contributed by atoms with Crippen LogP contribution in [0.4, 0.5) is 5.82 Å². The lowest BCUT2D eigenvalue weighted by Gasteiger charge is -2.12. The maximum atomic E-state index is 10.7. The van der Waals surface area contributed by atoms with Crippen LogP contribution in [0.15, 0.2) is 18.6 Å². The maximum absolute atomic E-state index is 10.7. The average molecular weight is 315 g/mol. The standard InChI is InChI=1S/C15H21N7O/c1-21(17)6-4-10-8-13(12-3-2-11(20-12)5-7-23)22-14(10)15(16)18-9-19-22/h4,6-9,11-12,20H,2-3,5,17H2,1H3,(H2,16,18,19)/b6-4+/t11-,12+/m0/s1. The van der Waals surface area contributed by atoms with Crippen molar-refractivity contribution >= 4 is 23.7 Å². The van der Waals surface area contributed by atoms with Crippen LogP contribution < -0.4 is 16.9 Å². The number of aromatic nitrogens is 3. The monoisotopic (exact) mass is 315 g/mol. The maximum Gasteiger partial charge on any atom is 0.151 e. The van der Waals surface area contributed by atoms with E-state index in [1.807, 2.05) is 16.7 Å². The molecular formula is C15H21N7O. The second-order valence-electron chi connectivity index (χ2n) is 5.81. The highest BCUT2D eigenvalue weighted by molar-refractivity contribution is 5.79. The SMILES string of the molecule is CN(N)/C=C/c1cc([C@H]2CC[C@@H](CC=O)N2)n2ncnc(N)c12. The molecule has 23 heavy (non-hydrogen) atoms. The van der Waals surface area contributed by atoms with Gasteiger partial charge in [-0.2, -0.15) is 5.10 Å². The van der Waals surface area contributed by atoms with Gasteiger partial charge >= 0.3 is 0 Å². The number of nitrogens with one attached hydrogen (secondary N) is 1. The van der Waals surface area contributed by atoms with E-state index in [9.17, 15) is 4.79 Å². The quantitative estimate of drug-likeness (QED) is 0.417. The summed E-state index contributed by atoms with van der Waals surface area (Å²) in [5.74, 6) is 6.06. The Morgan fingerprint density at radius 1 is 1.52 bits per heavy atom. The van der Waals surface area contributed by atoms with Crippen LogP contribution in [-0.2, 0) is 4.79 Å². The van der Waals surface area contributed by atoms with Crippen LogP contribution in [0.1, 0.15) is 36.6 Å². The van der Waals surface area contributed by atoms with Gasteiger partial charge in [0.2, 0.25) is 0 Å². The molecular weight excluding hydrogens is 294 g/mol. The minimum absolute atomic E-state index is 0.138. The molecule has 2 atom stereocenters. The largest absolute Gasteiger partial charge is 0.382 e. The molecule has 1 fully saturated rings. The van der Waals surface area contributed by atoms with Crippen molar-refractivity contribution < 1.29 is 4.79 Å². The van der Waals surface area contributed by atoms with Crippen molar-refractivity contribution in [3.05, 3.63) is 29.9 Å². The molecule has 5 N–H and O–H groups in total. The molecule has 1 aliphatic rings. The Kier molecular flexibility index (Phi) is 4.26. The molecule has 122 valence electrons. The number of hydrogen-bond acceptors (Lipinski definition) is 7. The molecule has 1 aliphatic heterocycles. The molecule has 0 aromatic carbocycles. The first-order valence-electron chi connectivity index (χ1n) is 7.57. The first kappa shape index (κ1) is 15.4. The molecule has 2 aromatic rings. The predicted octanol–water partition coefficient (Wildman–Crippen LogP) is 0.470. The summed E-state index contributed by atoms with van der Waals surface area (Å²) < 4.78 is 1.82. The summed E-state index contributed by atoms with van der Waals surface area (Å²) in [5, 5.41) is 9.30. The van der Waals surface area contributed by atoms with Gasteiger partial charge in [-0.3, -0.25) is 0 Å². The Labute approximate surface area is 134 Å². The first-order chi connectivity index (χ1) is 11.1. The van der Waals surface area contributed by atoms with E-state index in [-0.39, 0.29) is 12.1 Å². The van der Waals surface area contributed by atoms with Crippen molar-refractivity contribution in [2.24, 2.45) is 5.84 Å². The van der Waals surface area contributed by atoms with Crippen LogP contribution in [0.2, 0.25) is 0 Å². The van der Waals surface area contributed by atoms with Crippen LogP contribution in [0.3, 0.4) is 0 Å². The highest BCUT2D eigenvalue weighted by atomic mass is 16.1. The van der Waals surface area contributed by atoms with E-state index in [1.165, 1.54) is 11.3 Å². The fraction of sp³-hybridized carbons (Fsp3) is 0.400. The Bertz CT molecular complexity index is 737. The molecule has 8 nitrogen and oxygen atoms in total. The zero-order chi connectivity index (χ0) is 16.4. The van der Waals surface area contributed by atoms with E-state index >= 15 is 0 Å². The van der Waals surface area contributed by atoms with Crippen LogP contribution in [0.5, 0.6) is 0 Å². The van der Waals surface area contributed by atoms with Crippen molar-refractivity contribution in [3.8, 4) is 0 Å². The van der Waals surface area contributed by atoms with E-state index in [0.29, 0.717) is 12.2 Å². The van der Waals surface area contributed by atoms with E-state index in [4.69, 9.17) is 11.6 Å². The molecule has 0 bridgehead atoms. The summed E-state index contributed by atoms with van der Waals surface area (Å²) in [6.07, 6.45) is 8.50. The van der Waals surface area contributed by atoms with Crippen LogP contribution in [0, 0.1) is 0 Å². The van der Waals surface area contributed by atoms with Crippen molar-refractivity contribution in [1.29, 1.82) is 0 Å². The molecule has 0 aliphatic carbocycles. The van der Waals surface area contributed by atoms with Gasteiger partial charge in [-0.1, -0.05) is 0 Å². The minimum atomic E-state index is 0.138. The van der Waals surface area contributed by atoms with Crippen LogP contribution in [-0.4, -0.2) is 39.0 Å². The number of carbonyl (C=O) groups excluding carboxylic acids is 1. The van der Waals surface area contributed by atoms with Crippen molar-refractivity contribution in [3.63, 3.8) is 0 Å². The van der Waals surface area contributed by atoms with Gasteiger partial charge in [0.15, 0.2) is 5.82 Å². The number of nitrogen functional groups attached to an aromatic ring is 1. The molecule has 0 radical (unpaired) electrons. The number of aldehydes is 1. The van der Waals surface area contributed by atoms with Crippen LogP contribution >= 0.6 is 0 Å². The second-order valence-corrected chi connectivity index (χ2v) is 5.81. The zero-order valence-corrected chi connectivity index (χ0v) is 13.0. The Morgan fingerprint density at radius 2 is 2.35 bits per heavy atom. The number of anilines is 1. The van der Waals surface area contributed by atoms with Crippen molar-refractivity contribution in [1.82, 2.24) is 24.9 Å². The molecule has 8 heteroatoms. The summed E-state index contributed by atoms with van der Waals surface area (Å²) in [5.41, 5.74) is 8.73. The highest BCUT2D eigenvalue weighted by Crippen LogP contribution is 2.31. The molecule has 3 rings (SSSR count). The number of rotatable bonds is 5. The normalized spacial score (nSPS) is 21.3. The van der Waals surface area contributed by atoms with Gasteiger partial charge < -0.3 is 20.9 Å². The molecule has 0 spiro atoms. The summed E-state index contributed by atoms with van der Waals surface area (Å²) in [4.78, 5) is 14.8. The lowest BCUT2D eigenvalue weighted by molar-refractivity contribution is -0.108. The lowest BCUT2D eigenvalue weighted by atomic mass is 10.1. The first-order valence-corrected chi connectivity index (χ1v) is 7.57. The summed E-state index contributed by atoms with van der Waals surface area (Å²) in [7, 11) is 1.75. The predicted molar refractivity (Wildman–Crippen MR) is 88.0 cm³/mol. The Balaban J connectivity index is 2.01. The Morgan fingerprint density at radius 3 is 3.09 bits per heavy atom. The summed E-state index contributed by atoms with van der Waals surface area (Å²) >= 11 is 0. The number of nitrogens with zero attached hydrogens (tertiary/aromatic N) is 4. The van der Waals surface area contributed by atoms with E-state index in [0.717, 1.165) is 35.9 Å². The molecule has 1 saturated heterocycles. The third-order valence-corrected chi connectivity index (χ3v) is 4.11. The molecule has 0 saturated carbocycles. The molecule has 3 heterocycles. The van der Waals surface area contributed by atoms with Gasteiger partial charge in [-0.05, 0) is 25.0 Å². The van der Waals surface area contributed by atoms with Crippen molar-refractivity contribution in [2.75, 3.05) is 12.8 Å². The fourth-order valence-corrected chi connectivity index (χ4v) is 3.05. The summed E-state index contributed by atoms with van der Waals surface area (Å²) in [6, 6.07) is 2.40. The number of hydrogen-bond donors (Lipinski definition) is 3. The number of carbonyl (C=O) groups is 1. The van der Waals surface area contributed by atoms with Gasteiger partial charge in [0.1, 0.15) is 18.1 Å².